The van der Waals surface area contributed by atoms with Crippen molar-refractivity contribution in [3.63, 3.8) is 0 Å². The van der Waals surface area contributed by atoms with Gasteiger partial charge in [0.2, 0.25) is 0 Å². The standard InChI is InChI=1S/C14H27N3O/c1-6-11(3)17-9-8-12(16-17)10-13(15)14(4,7-2)18-5/h8-9,11,13H,6-7,10,15H2,1-5H3. The van der Waals surface area contributed by atoms with Gasteiger partial charge < -0.3 is 10.5 Å². The molecule has 2 N–H and O–H groups in total. The normalized spacial score (nSPS) is 18.3. The summed E-state index contributed by atoms with van der Waals surface area (Å²) >= 11 is 0. The van der Waals surface area contributed by atoms with Gasteiger partial charge >= 0.3 is 0 Å². The average molecular weight is 253 g/mol. The first-order chi connectivity index (χ1) is 8.46. The van der Waals surface area contributed by atoms with Crippen LogP contribution >= 0.6 is 0 Å². The Balaban J connectivity index is 2.70. The van der Waals surface area contributed by atoms with Crippen LogP contribution in [0, 0.1) is 0 Å². The van der Waals surface area contributed by atoms with Crippen LogP contribution in [0.5, 0.6) is 0 Å². The maximum absolute atomic E-state index is 6.25. The molecule has 3 unspecified atom stereocenters. The molecule has 1 aromatic heterocycles. The quantitative estimate of drug-likeness (QED) is 0.812. The van der Waals surface area contributed by atoms with Crippen LogP contribution in [-0.2, 0) is 11.2 Å². The minimum Gasteiger partial charge on any atom is -0.377 e. The summed E-state index contributed by atoms with van der Waals surface area (Å²) in [5, 5.41) is 4.58. The van der Waals surface area contributed by atoms with Crippen molar-refractivity contribution < 1.29 is 4.74 Å². The molecule has 1 aromatic rings. The van der Waals surface area contributed by atoms with E-state index in [-0.39, 0.29) is 11.6 Å². The molecular formula is C14H27N3O. The van der Waals surface area contributed by atoms with Crippen molar-refractivity contribution in [2.45, 2.75) is 64.6 Å². The van der Waals surface area contributed by atoms with Crippen LogP contribution in [0.3, 0.4) is 0 Å². The summed E-state index contributed by atoms with van der Waals surface area (Å²) in [6.45, 7) is 8.49. The molecule has 0 spiro atoms. The smallest absolute Gasteiger partial charge is 0.0802 e. The molecular weight excluding hydrogens is 226 g/mol. The van der Waals surface area contributed by atoms with Crippen molar-refractivity contribution >= 4 is 0 Å². The zero-order valence-electron chi connectivity index (χ0n) is 12.3. The van der Waals surface area contributed by atoms with Crippen LogP contribution in [-0.4, -0.2) is 28.5 Å². The number of nitrogens with two attached hydrogens (primary N) is 1. The molecule has 0 aromatic carbocycles. The maximum atomic E-state index is 6.25. The summed E-state index contributed by atoms with van der Waals surface area (Å²) < 4.78 is 7.55. The van der Waals surface area contributed by atoms with Crippen molar-refractivity contribution in [1.82, 2.24) is 9.78 Å². The van der Waals surface area contributed by atoms with E-state index in [2.05, 4.69) is 38.9 Å². The molecule has 0 aliphatic carbocycles. The summed E-state index contributed by atoms with van der Waals surface area (Å²) in [5.74, 6) is 0. The number of methoxy groups -OCH3 is 1. The predicted octanol–water partition coefficient (Wildman–Crippen LogP) is 2.54. The molecule has 4 heteroatoms. The largest absolute Gasteiger partial charge is 0.377 e. The molecule has 0 radical (unpaired) electrons. The number of aromatic nitrogens is 2. The monoisotopic (exact) mass is 253 g/mol. The average Bonchev–Trinajstić information content (AvgIpc) is 2.85. The molecule has 0 saturated carbocycles. The van der Waals surface area contributed by atoms with E-state index in [0.717, 1.165) is 25.0 Å². The highest BCUT2D eigenvalue weighted by Gasteiger charge is 2.30. The highest BCUT2D eigenvalue weighted by atomic mass is 16.5. The van der Waals surface area contributed by atoms with Crippen LogP contribution in [0.15, 0.2) is 12.3 Å². The van der Waals surface area contributed by atoms with Crippen molar-refractivity contribution in [2.24, 2.45) is 5.73 Å². The van der Waals surface area contributed by atoms with Gasteiger partial charge in [-0.3, -0.25) is 4.68 Å². The lowest BCUT2D eigenvalue weighted by molar-refractivity contribution is -0.0187. The molecule has 0 aliphatic rings. The molecule has 0 amide bonds. The lowest BCUT2D eigenvalue weighted by Gasteiger charge is -2.32. The van der Waals surface area contributed by atoms with E-state index in [0.29, 0.717) is 6.04 Å². The van der Waals surface area contributed by atoms with Crippen LogP contribution in [0.1, 0.15) is 52.3 Å². The lowest BCUT2D eigenvalue weighted by Crippen LogP contribution is -2.48. The second-order valence-electron chi connectivity index (χ2n) is 5.23. The van der Waals surface area contributed by atoms with Crippen molar-refractivity contribution in [3.05, 3.63) is 18.0 Å². The zero-order chi connectivity index (χ0) is 13.8. The molecule has 1 heterocycles. The summed E-state index contributed by atoms with van der Waals surface area (Å²) in [7, 11) is 1.72. The highest BCUT2D eigenvalue weighted by Crippen LogP contribution is 2.20. The lowest BCUT2D eigenvalue weighted by atomic mass is 9.90. The minimum atomic E-state index is -0.278. The Labute approximate surface area is 111 Å². The predicted molar refractivity (Wildman–Crippen MR) is 74.6 cm³/mol. The minimum absolute atomic E-state index is 0.0345. The third kappa shape index (κ3) is 3.33. The number of nitrogens with zero attached hydrogens (tertiary/aromatic N) is 2. The van der Waals surface area contributed by atoms with Crippen LogP contribution in [0.2, 0.25) is 0 Å². The zero-order valence-corrected chi connectivity index (χ0v) is 12.3. The molecule has 3 atom stereocenters. The van der Waals surface area contributed by atoms with Crippen molar-refractivity contribution in [2.75, 3.05) is 7.11 Å². The fraction of sp³-hybridized carbons (Fsp3) is 0.786. The first kappa shape index (κ1) is 15.2. The van der Waals surface area contributed by atoms with Gasteiger partial charge in [-0.25, -0.2) is 0 Å². The Morgan fingerprint density at radius 1 is 1.50 bits per heavy atom. The Hall–Kier alpha value is -0.870. The van der Waals surface area contributed by atoms with Gasteiger partial charge in [0.15, 0.2) is 0 Å². The summed E-state index contributed by atoms with van der Waals surface area (Å²) in [4.78, 5) is 0. The summed E-state index contributed by atoms with van der Waals surface area (Å²) in [6.07, 6.45) is 4.77. The molecule has 18 heavy (non-hydrogen) atoms. The molecule has 104 valence electrons. The van der Waals surface area contributed by atoms with E-state index in [4.69, 9.17) is 10.5 Å². The van der Waals surface area contributed by atoms with Crippen LogP contribution in [0.4, 0.5) is 0 Å². The van der Waals surface area contributed by atoms with Gasteiger partial charge in [-0.15, -0.1) is 0 Å². The van der Waals surface area contributed by atoms with E-state index >= 15 is 0 Å². The van der Waals surface area contributed by atoms with Gasteiger partial charge in [-0.2, -0.15) is 5.10 Å². The summed E-state index contributed by atoms with van der Waals surface area (Å²) in [6, 6.07) is 2.46. The molecule has 1 rings (SSSR count). The van der Waals surface area contributed by atoms with Gasteiger partial charge in [0, 0.05) is 31.8 Å². The fourth-order valence-electron chi connectivity index (χ4n) is 1.92. The van der Waals surface area contributed by atoms with Gasteiger partial charge in [-0.05, 0) is 32.8 Å². The Bertz CT molecular complexity index is 358. The number of ether oxygens (including phenoxy) is 1. The molecule has 4 nitrogen and oxygen atoms in total. The van der Waals surface area contributed by atoms with E-state index < -0.39 is 0 Å². The third-order valence-corrected chi connectivity index (χ3v) is 4.09. The Morgan fingerprint density at radius 2 is 2.17 bits per heavy atom. The topological polar surface area (TPSA) is 53.1 Å². The SMILES string of the molecule is CCC(C)n1ccc(CC(N)C(C)(CC)OC)n1. The van der Waals surface area contributed by atoms with Gasteiger partial charge in [0.1, 0.15) is 0 Å². The van der Waals surface area contributed by atoms with E-state index in [1.54, 1.807) is 7.11 Å². The van der Waals surface area contributed by atoms with Crippen molar-refractivity contribution in [1.29, 1.82) is 0 Å². The Kier molecular flexibility index (Phi) is 5.35. The fourth-order valence-corrected chi connectivity index (χ4v) is 1.92. The first-order valence-corrected chi connectivity index (χ1v) is 6.81. The molecule has 0 aliphatic heterocycles. The maximum Gasteiger partial charge on any atom is 0.0802 e. The molecule has 0 fully saturated rings. The molecule has 0 bridgehead atoms. The number of hydrogen-bond acceptors (Lipinski definition) is 3. The summed E-state index contributed by atoms with van der Waals surface area (Å²) in [5.41, 5.74) is 7.01. The van der Waals surface area contributed by atoms with Crippen molar-refractivity contribution in [3.8, 4) is 0 Å². The number of hydrogen-bond donors (Lipinski definition) is 1. The second kappa shape index (κ2) is 6.34. The van der Waals surface area contributed by atoms with Gasteiger partial charge in [0.25, 0.3) is 0 Å². The molecule has 0 saturated heterocycles. The van der Waals surface area contributed by atoms with E-state index in [1.165, 1.54) is 0 Å². The third-order valence-electron chi connectivity index (χ3n) is 4.09. The first-order valence-electron chi connectivity index (χ1n) is 6.81. The van der Waals surface area contributed by atoms with E-state index in [9.17, 15) is 0 Å². The number of rotatable bonds is 7. The van der Waals surface area contributed by atoms with Crippen LogP contribution < -0.4 is 5.73 Å². The van der Waals surface area contributed by atoms with Crippen LogP contribution in [0.25, 0.3) is 0 Å². The van der Waals surface area contributed by atoms with Gasteiger partial charge in [-0.1, -0.05) is 13.8 Å². The second-order valence-corrected chi connectivity index (χ2v) is 5.23. The highest BCUT2D eigenvalue weighted by molar-refractivity contribution is 5.04. The van der Waals surface area contributed by atoms with E-state index in [1.807, 2.05) is 10.9 Å². The van der Waals surface area contributed by atoms with Gasteiger partial charge in [0.05, 0.1) is 11.3 Å². The Morgan fingerprint density at radius 3 is 2.67 bits per heavy atom.